The van der Waals surface area contributed by atoms with Gasteiger partial charge in [0.15, 0.2) is 0 Å². The van der Waals surface area contributed by atoms with Crippen LogP contribution in [0.3, 0.4) is 0 Å². The van der Waals surface area contributed by atoms with Crippen LogP contribution in [0.15, 0.2) is 12.4 Å². The van der Waals surface area contributed by atoms with Gasteiger partial charge >= 0.3 is 0 Å². The van der Waals surface area contributed by atoms with Crippen LogP contribution in [0.4, 0.5) is 0 Å². The topological polar surface area (TPSA) is 156 Å². The SMILES string of the molecule is CO[C@H]([C@H](O)CO)[C@H](O)c1cnc(C[C@H](O)[C@H](O)CO)cn1. The van der Waals surface area contributed by atoms with Crippen molar-refractivity contribution in [2.45, 2.75) is 36.9 Å². The van der Waals surface area contributed by atoms with Crippen molar-refractivity contribution in [2.75, 3.05) is 20.3 Å². The first-order valence-corrected chi connectivity index (χ1v) is 6.72. The number of ether oxygens (including phenoxy) is 1. The Labute approximate surface area is 127 Å². The lowest BCUT2D eigenvalue weighted by Crippen LogP contribution is -2.37. The van der Waals surface area contributed by atoms with Gasteiger partial charge in [-0.3, -0.25) is 9.97 Å². The Bertz CT molecular complexity index is 431. The molecule has 6 N–H and O–H groups in total. The summed E-state index contributed by atoms with van der Waals surface area (Å²) in [7, 11) is 1.28. The van der Waals surface area contributed by atoms with Gasteiger partial charge < -0.3 is 35.4 Å². The van der Waals surface area contributed by atoms with E-state index >= 15 is 0 Å². The number of methoxy groups -OCH3 is 1. The number of rotatable bonds is 9. The fourth-order valence-electron chi connectivity index (χ4n) is 1.86. The molecular formula is C13H22N2O7. The van der Waals surface area contributed by atoms with Crippen LogP contribution < -0.4 is 0 Å². The van der Waals surface area contributed by atoms with Crippen LogP contribution in [0.1, 0.15) is 17.5 Å². The van der Waals surface area contributed by atoms with E-state index in [-0.39, 0.29) is 12.1 Å². The third-order valence-electron chi connectivity index (χ3n) is 3.23. The second kappa shape index (κ2) is 9.06. The number of aliphatic hydroxyl groups is 6. The van der Waals surface area contributed by atoms with Gasteiger partial charge in [0.2, 0.25) is 0 Å². The minimum Gasteiger partial charge on any atom is -0.394 e. The van der Waals surface area contributed by atoms with Crippen molar-refractivity contribution < 1.29 is 35.4 Å². The molecule has 1 heterocycles. The van der Waals surface area contributed by atoms with Crippen molar-refractivity contribution >= 4 is 0 Å². The van der Waals surface area contributed by atoms with Gasteiger partial charge in [0.1, 0.15) is 24.4 Å². The van der Waals surface area contributed by atoms with Gasteiger partial charge in [-0.15, -0.1) is 0 Å². The lowest BCUT2D eigenvalue weighted by atomic mass is 10.1. The van der Waals surface area contributed by atoms with Gasteiger partial charge in [0.25, 0.3) is 0 Å². The van der Waals surface area contributed by atoms with Gasteiger partial charge in [0, 0.05) is 19.7 Å². The van der Waals surface area contributed by atoms with E-state index in [2.05, 4.69) is 9.97 Å². The van der Waals surface area contributed by atoms with E-state index in [1.165, 1.54) is 19.5 Å². The van der Waals surface area contributed by atoms with Crippen LogP contribution in [0, 0.1) is 0 Å². The third-order valence-corrected chi connectivity index (χ3v) is 3.23. The molecule has 9 nitrogen and oxygen atoms in total. The Morgan fingerprint density at radius 1 is 0.955 bits per heavy atom. The molecule has 5 atom stereocenters. The summed E-state index contributed by atoms with van der Waals surface area (Å²) in [6.45, 7) is -1.15. The first kappa shape index (κ1) is 18.8. The predicted octanol–water partition coefficient (Wildman–Crippen LogP) is -2.87. The minimum absolute atomic E-state index is 0.0158. The largest absolute Gasteiger partial charge is 0.394 e. The Morgan fingerprint density at radius 3 is 2.05 bits per heavy atom. The maximum absolute atomic E-state index is 10.1. The molecule has 0 radical (unpaired) electrons. The van der Waals surface area contributed by atoms with Gasteiger partial charge in [-0.25, -0.2) is 0 Å². The predicted molar refractivity (Wildman–Crippen MR) is 73.7 cm³/mol. The van der Waals surface area contributed by atoms with Gasteiger partial charge in [0.05, 0.1) is 36.9 Å². The van der Waals surface area contributed by atoms with Crippen LogP contribution in [-0.2, 0) is 11.2 Å². The number of nitrogens with zero attached hydrogens (tertiary/aromatic N) is 2. The van der Waals surface area contributed by atoms with Crippen LogP contribution in [0.2, 0.25) is 0 Å². The normalized spacial score (nSPS) is 18.5. The van der Waals surface area contributed by atoms with Gasteiger partial charge in [-0.1, -0.05) is 0 Å². The number of aromatic nitrogens is 2. The molecule has 0 bridgehead atoms. The highest BCUT2D eigenvalue weighted by Crippen LogP contribution is 2.19. The molecule has 0 aromatic carbocycles. The molecule has 1 aromatic heterocycles. The smallest absolute Gasteiger partial charge is 0.126 e. The summed E-state index contributed by atoms with van der Waals surface area (Å²) < 4.78 is 4.93. The molecule has 0 aliphatic heterocycles. The summed E-state index contributed by atoms with van der Waals surface area (Å²) in [5, 5.41) is 56.1. The lowest BCUT2D eigenvalue weighted by molar-refractivity contribution is -0.0986. The van der Waals surface area contributed by atoms with Crippen molar-refractivity contribution in [3.05, 3.63) is 23.8 Å². The van der Waals surface area contributed by atoms with Crippen molar-refractivity contribution in [2.24, 2.45) is 0 Å². The summed E-state index contributed by atoms with van der Waals surface area (Å²) in [4.78, 5) is 7.95. The van der Waals surface area contributed by atoms with Gasteiger partial charge in [-0.2, -0.15) is 0 Å². The maximum atomic E-state index is 10.1. The van der Waals surface area contributed by atoms with Crippen LogP contribution in [-0.4, -0.2) is 85.3 Å². The summed E-state index contributed by atoms with van der Waals surface area (Å²) in [6.07, 6.45) is -3.56. The highest BCUT2D eigenvalue weighted by Gasteiger charge is 2.29. The number of hydrogen-bond acceptors (Lipinski definition) is 9. The number of aliphatic hydroxyl groups excluding tert-OH is 6. The van der Waals surface area contributed by atoms with E-state index in [0.717, 1.165) is 0 Å². The van der Waals surface area contributed by atoms with Crippen molar-refractivity contribution in [1.82, 2.24) is 9.97 Å². The summed E-state index contributed by atoms with van der Waals surface area (Å²) in [6, 6.07) is 0. The second-order valence-electron chi connectivity index (χ2n) is 4.85. The molecule has 0 unspecified atom stereocenters. The minimum atomic E-state index is -1.29. The maximum Gasteiger partial charge on any atom is 0.126 e. The van der Waals surface area contributed by atoms with E-state index < -0.39 is 43.7 Å². The Morgan fingerprint density at radius 2 is 1.59 bits per heavy atom. The van der Waals surface area contributed by atoms with Crippen molar-refractivity contribution in [1.29, 1.82) is 0 Å². The van der Waals surface area contributed by atoms with Crippen molar-refractivity contribution in [3.8, 4) is 0 Å². The molecule has 9 heteroatoms. The van der Waals surface area contributed by atoms with Crippen LogP contribution in [0.5, 0.6) is 0 Å². The first-order chi connectivity index (χ1) is 10.4. The molecule has 0 saturated carbocycles. The zero-order chi connectivity index (χ0) is 16.7. The van der Waals surface area contributed by atoms with Crippen LogP contribution >= 0.6 is 0 Å². The van der Waals surface area contributed by atoms with E-state index in [1.54, 1.807) is 0 Å². The molecule has 0 aliphatic rings. The fraction of sp³-hybridized carbons (Fsp3) is 0.692. The molecule has 0 saturated heterocycles. The molecule has 0 spiro atoms. The van der Waals surface area contributed by atoms with Gasteiger partial charge in [-0.05, 0) is 0 Å². The quantitative estimate of drug-likeness (QED) is 0.282. The molecule has 22 heavy (non-hydrogen) atoms. The summed E-state index contributed by atoms with van der Waals surface area (Å²) >= 11 is 0. The first-order valence-electron chi connectivity index (χ1n) is 6.72. The molecular weight excluding hydrogens is 296 g/mol. The zero-order valence-corrected chi connectivity index (χ0v) is 12.1. The monoisotopic (exact) mass is 318 g/mol. The standard InChI is InChI=1S/C13H22N2O7/c1-22-13(11(20)6-17)12(21)8-4-14-7(3-15-8)2-9(18)10(19)5-16/h3-4,9-13,16-21H,2,5-6H2,1H3/t9-,10+,11+,12+,13+/m0/s1. The average molecular weight is 318 g/mol. The Balaban J connectivity index is 2.75. The number of hydrogen-bond donors (Lipinski definition) is 6. The Kier molecular flexibility index (Phi) is 7.76. The second-order valence-corrected chi connectivity index (χ2v) is 4.85. The summed E-state index contributed by atoms with van der Waals surface area (Å²) in [5.74, 6) is 0. The lowest BCUT2D eigenvalue weighted by Gasteiger charge is -2.24. The molecule has 0 aliphatic carbocycles. The third kappa shape index (κ3) is 4.92. The zero-order valence-electron chi connectivity index (χ0n) is 12.1. The van der Waals surface area contributed by atoms with E-state index in [0.29, 0.717) is 5.69 Å². The molecule has 1 rings (SSSR count). The fourth-order valence-corrected chi connectivity index (χ4v) is 1.86. The highest BCUT2D eigenvalue weighted by atomic mass is 16.5. The summed E-state index contributed by atoms with van der Waals surface area (Å²) in [5.41, 5.74) is 0.480. The van der Waals surface area contributed by atoms with Crippen molar-refractivity contribution in [3.63, 3.8) is 0 Å². The van der Waals surface area contributed by atoms with E-state index in [4.69, 9.17) is 14.9 Å². The Hall–Kier alpha value is -1.20. The van der Waals surface area contributed by atoms with Crippen LogP contribution in [0.25, 0.3) is 0 Å². The van der Waals surface area contributed by atoms with E-state index in [9.17, 15) is 20.4 Å². The molecule has 0 amide bonds. The molecule has 1 aromatic rings. The molecule has 0 fully saturated rings. The highest BCUT2D eigenvalue weighted by molar-refractivity contribution is 5.08. The molecule has 126 valence electrons. The van der Waals surface area contributed by atoms with E-state index in [1.807, 2.05) is 0 Å². The average Bonchev–Trinajstić information content (AvgIpc) is 2.54.